The molecule has 0 saturated carbocycles. The van der Waals surface area contributed by atoms with Gasteiger partial charge in [0.05, 0.1) is 19.8 Å². The number of nitrogens with one attached hydrogen (secondary N) is 1. The van der Waals surface area contributed by atoms with Gasteiger partial charge in [-0.2, -0.15) is 0 Å². The van der Waals surface area contributed by atoms with Crippen LogP contribution in [0.25, 0.3) is 0 Å². The van der Waals surface area contributed by atoms with Gasteiger partial charge in [0, 0.05) is 31.9 Å². The molecule has 0 bridgehead atoms. The lowest BCUT2D eigenvalue weighted by Crippen LogP contribution is -2.23. The molecule has 0 radical (unpaired) electrons. The minimum Gasteiger partial charge on any atom is -0.394 e. The minimum absolute atomic E-state index is 0.0950. The smallest absolute Gasteiger partial charge is 0.0698 e. The van der Waals surface area contributed by atoms with Crippen LogP contribution in [0.5, 0.6) is 0 Å². The van der Waals surface area contributed by atoms with Crippen LogP contribution in [0.4, 0.5) is 5.69 Å². The van der Waals surface area contributed by atoms with Crippen LogP contribution >= 0.6 is 0 Å². The van der Waals surface area contributed by atoms with Crippen LogP contribution < -0.4 is 10.2 Å². The zero-order chi connectivity index (χ0) is 13.3. The van der Waals surface area contributed by atoms with Crippen molar-refractivity contribution in [3.8, 4) is 0 Å². The Morgan fingerprint density at radius 1 is 1.16 bits per heavy atom. The third-order valence-electron chi connectivity index (χ3n) is 3.41. The number of nitrogens with zero attached hydrogens (tertiary/aromatic N) is 1. The number of ether oxygens (including phenoxy) is 1. The van der Waals surface area contributed by atoms with Crippen LogP contribution in [-0.4, -0.2) is 44.6 Å². The Labute approximate surface area is 115 Å². The molecule has 1 aromatic rings. The molecule has 0 atom stereocenters. The zero-order valence-electron chi connectivity index (χ0n) is 11.5. The second-order valence-electron chi connectivity index (χ2n) is 4.84. The van der Waals surface area contributed by atoms with Gasteiger partial charge in [-0.15, -0.1) is 0 Å². The molecule has 106 valence electrons. The van der Waals surface area contributed by atoms with Crippen molar-refractivity contribution in [3.05, 3.63) is 29.8 Å². The van der Waals surface area contributed by atoms with E-state index < -0.39 is 0 Å². The predicted molar refractivity (Wildman–Crippen MR) is 77.5 cm³/mol. The average molecular weight is 264 g/mol. The molecule has 0 amide bonds. The maximum Gasteiger partial charge on any atom is 0.0698 e. The van der Waals surface area contributed by atoms with E-state index in [1.807, 2.05) is 0 Å². The van der Waals surface area contributed by atoms with Crippen molar-refractivity contribution in [2.24, 2.45) is 0 Å². The Morgan fingerprint density at radius 2 is 1.95 bits per heavy atom. The molecule has 0 spiro atoms. The highest BCUT2D eigenvalue weighted by atomic mass is 16.5. The molecule has 0 aliphatic carbocycles. The SMILES string of the molecule is OCCOCCNCc1ccccc1N1CCCC1. The van der Waals surface area contributed by atoms with Gasteiger partial charge >= 0.3 is 0 Å². The Hall–Kier alpha value is -1.10. The lowest BCUT2D eigenvalue weighted by Gasteiger charge is -2.21. The first-order chi connectivity index (χ1) is 9.42. The number of aliphatic hydroxyl groups excluding tert-OH is 1. The van der Waals surface area contributed by atoms with Gasteiger partial charge in [-0.3, -0.25) is 0 Å². The van der Waals surface area contributed by atoms with E-state index in [0.717, 1.165) is 13.1 Å². The molecule has 1 aromatic carbocycles. The van der Waals surface area contributed by atoms with Gasteiger partial charge in [0.2, 0.25) is 0 Å². The summed E-state index contributed by atoms with van der Waals surface area (Å²) in [4.78, 5) is 2.47. The van der Waals surface area contributed by atoms with Crippen molar-refractivity contribution >= 4 is 5.69 Å². The van der Waals surface area contributed by atoms with Gasteiger partial charge in [-0.05, 0) is 24.5 Å². The van der Waals surface area contributed by atoms with Crippen molar-refractivity contribution < 1.29 is 9.84 Å². The van der Waals surface area contributed by atoms with E-state index in [4.69, 9.17) is 9.84 Å². The van der Waals surface area contributed by atoms with Gasteiger partial charge in [0.1, 0.15) is 0 Å². The lowest BCUT2D eigenvalue weighted by molar-refractivity contribution is 0.0938. The first-order valence-electron chi connectivity index (χ1n) is 7.14. The fourth-order valence-electron chi connectivity index (χ4n) is 2.46. The van der Waals surface area contributed by atoms with Crippen LogP contribution in [0, 0.1) is 0 Å². The molecule has 1 aliphatic heterocycles. The van der Waals surface area contributed by atoms with Crippen LogP contribution in [0.3, 0.4) is 0 Å². The molecule has 1 aliphatic rings. The third-order valence-corrected chi connectivity index (χ3v) is 3.41. The summed E-state index contributed by atoms with van der Waals surface area (Å²) in [5.41, 5.74) is 2.72. The van der Waals surface area contributed by atoms with Gasteiger partial charge in [-0.25, -0.2) is 0 Å². The average Bonchev–Trinajstić information content (AvgIpc) is 2.97. The van der Waals surface area contributed by atoms with Crippen molar-refractivity contribution in [1.29, 1.82) is 0 Å². The monoisotopic (exact) mass is 264 g/mol. The largest absolute Gasteiger partial charge is 0.394 e. The van der Waals surface area contributed by atoms with E-state index in [-0.39, 0.29) is 6.61 Å². The molecular formula is C15H24N2O2. The normalized spacial score (nSPS) is 15.1. The Bertz CT molecular complexity index is 365. The van der Waals surface area contributed by atoms with Gasteiger partial charge in [0.15, 0.2) is 0 Å². The number of anilines is 1. The second-order valence-corrected chi connectivity index (χ2v) is 4.84. The van der Waals surface area contributed by atoms with E-state index >= 15 is 0 Å². The molecule has 1 heterocycles. The van der Waals surface area contributed by atoms with Crippen molar-refractivity contribution in [3.63, 3.8) is 0 Å². The van der Waals surface area contributed by atoms with Crippen molar-refractivity contribution in [2.75, 3.05) is 44.4 Å². The first-order valence-corrected chi connectivity index (χ1v) is 7.14. The standard InChI is InChI=1S/C15H24N2O2/c18-10-12-19-11-7-16-13-14-5-1-2-6-15(14)17-8-3-4-9-17/h1-2,5-6,16,18H,3-4,7-13H2. The highest BCUT2D eigenvalue weighted by Gasteiger charge is 2.14. The first kappa shape index (κ1) is 14.3. The number of hydrogen-bond acceptors (Lipinski definition) is 4. The number of para-hydroxylation sites is 1. The summed E-state index contributed by atoms with van der Waals surface area (Å²) in [7, 11) is 0. The summed E-state index contributed by atoms with van der Waals surface area (Å²) in [6.45, 7) is 5.20. The molecule has 19 heavy (non-hydrogen) atoms. The number of rotatable bonds is 8. The van der Waals surface area contributed by atoms with Crippen LogP contribution in [0.15, 0.2) is 24.3 Å². The van der Waals surface area contributed by atoms with E-state index in [2.05, 4.69) is 34.5 Å². The Kier molecular flexibility index (Phi) is 6.14. The number of hydrogen-bond donors (Lipinski definition) is 2. The maximum absolute atomic E-state index is 8.61. The van der Waals surface area contributed by atoms with E-state index in [9.17, 15) is 0 Å². The summed E-state index contributed by atoms with van der Waals surface area (Å²) in [6, 6.07) is 8.61. The molecule has 2 rings (SSSR count). The molecule has 2 N–H and O–H groups in total. The number of aliphatic hydroxyl groups is 1. The highest BCUT2D eigenvalue weighted by molar-refractivity contribution is 5.54. The molecule has 1 saturated heterocycles. The quantitative estimate of drug-likeness (QED) is 0.696. The summed E-state index contributed by atoms with van der Waals surface area (Å²) >= 11 is 0. The van der Waals surface area contributed by atoms with Crippen LogP contribution in [0.2, 0.25) is 0 Å². The highest BCUT2D eigenvalue weighted by Crippen LogP contribution is 2.24. The summed E-state index contributed by atoms with van der Waals surface area (Å²) in [6.07, 6.45) is 2.60. The van der Waals surface area contributed by atoms with Crippen molar-refractivity contribution in [2.45, 2.75) is 19.4 Å². The van der Waals surface area contributed by atoms with Crippen LogP contribution in [0.1, 0.15) is 18.4 Å². The maximum atomic E-state index is 8.61. The number of benzene rings is 1. The summed E-state index contributed by atoms with van der Waals surface area (Å²) < 4.78 is 5.23. The van der Waals surface area contributed by atoms with Crippen molar-refractivity contribution in [1.82, 2.24) is 5.32 Å². The molecule has 0 unspecified atom stereocenters. The second kappa shape index (κ2) is 8.15. The third kappa shape index (κ3) is 4.49. The lowest BCUT2D eigenvalue weighted by atomic mass is 10.1. The Morgan fingerprint density at radius 3 is 2.74 bits per heavy atom. The van der Waals surface area contributed by atoms with Gasteiger partial charge < -0.3 is 20.1 Å². The Balaban J connectivity index is 1.79. The minimum atomic E-state index is 0.0950. The van der Waals surface area contributed by atoms with Crippen LogP contribution in [-0.2, 0) is 11.3 Å². The predicted octanol–water partition coefficient (Wildman–Crippen LogP) is 1.39. The van der Waals surface area contributed by atoms with E-state index in [0.29, 0.717) is 13.2 Å². The zero-order valence-corrected chi connectivity index (χ0v) is 11.5. The molecule has 4 heteroatoms. The van der Waals surface area contributed by atoms with Gasteiger partial charge in [0.25, 0.3) is 0 Å². The molecule has 1 fully saturated rings. The molecule has 4 nitrogen and oxygen atoms in total. The van der Waals surface area contributed by atoms with Gasteiger partial charge in [-0.1, -0.05) is 18.2 Å². The molecular weight excluding hydrogens is 240 g/mol. The molecule has 0 aromatic heterocycles. The summed E-state index contributed by atoms with van der Waals surface area (Å²) in [5.74, 6) is 0. The topological polar surface area (TPSA) is 44.7 Å². The van der Waals surface area contributed by atoms with E-state index in [1.54, 1.807) is 0 Å². The fourth-order valence-corrected chi connectivity index (χ4v) is 2.46. The fraction of sp³-hybridized carbons (Fsp3) is 0.600. The summed E-state index contributed by atoms with van der Waals surface area (Å²) in [5, 5.41) is 12.0. The van der Waals surface area contributed by atoms with E-state index in [1.165, 1.54) is 37.2 Å².